The molecule has 32 heteroatoms. The van der Waals surface area contributed by atoms with E-state index in [4.69, 9.17) is 30.8 Å². The summed E-state index contributed by atoms with van der Waals surface area (Å²) in [6, 6.07) is 53.2. The largest absolute Gasteiger partial charge is 0.494 e. The number of carbonyl (C=O) groups excluding carboxylic acids is 8. The summed E-state index contributed by atoms with van der Waals surface area (Å²) in [6.07, 6.45) is 28.0. The molecule has 0 radical (unpaired) electrons. The molecule has 5 atom stereocenters. The summed E-state index contributed by atoms with van der Waals surface area (Å²) in [4.78, 5) is 169. The molecule has 0 aliphatic carbocycles. The lowest BCUT2D eigenvalue weighted by molar-refractivity contribution is -0.144. The molecule has 11 N–H and O–H groups in total. The predicted octanol–water partition coefficient (Wildman–Crippen LogP) is 22.2. The smallest absolute Gasteiger partial charge is 0.326 e. The highest BCUT2D eigenvalue weighted by atomic mass is 32.1. The van der Waals surface area contributed by atoms with E-state index in [1.54, 1.807) is 55.4 Å². The highest BCUT2D eigenvalue weighted by molar-refractivity contribution is 7.15. The number of benzene rings is 6. The van der Waals surface area contributed by atoms with Crippen LogP contribution in [0.1, 0.15) is 272 Å². The lowest BCUT2D eigenvalue weighted by Gasteiger charge is -2.20. The van der Waals surface area contributed by atoms with Gasteiger partial charge in [-0.1, -0.05) is 269 Å². The maximum absolute atomic E-state index is 13.5. The van der Waals surface area contributed by atoms with Gasteiger partial charge in [-0.15, -0.1) is 34.0 Å². The third-order valence-electron chi connectivity index (χ3n) is 24.9. The number of nitrogens with one attached hydrogen (secondary N) is 4. The van der Waals surface area contributed by atoms with Crippen molar-refractivity contribution in [3.8, 4) is 84.8 Å². The van der Waals surface area contributed by atoms with Crippen LogP contribution in [0.25, 0.3) is 67.5 Å². The van der Waals surface area contributed by atoms with Crippen molar-refractivity contribution < 1.29 is 82.3 Å². The third-order valence-corrected chi connectivity index (χ3v) is 29.5. The fourth-order valence-electron chi connectivity index (χ4n) is 16.0. The number of amides is 6. The molecule has 29 nitrogen and oxygen atoms in total. The van der Waals surface area contributed by atoms with Gasteiger partial charge >= 0.3 is 17.9 Å². The molecule has 0 saturated heterocycles. The van der Waals surface area contributed by atoms with Gasteiger partial charge in [0.05, 0.1) is 40.9 Å². The molecule has 0 saturated carbocycles. The Balaban J connectivity index is 0.000000230. The molecular weight excluding hydrogens is 1950 g/mol. The van der Waals surface area contributed by atoms with Gasteiger partial charge in [0.2, 0.25) is 29.5 Å². The number of hydrogen-bond acceptors (Lipinski definition) is 23. The standard InChI is InChI=1S/C41H50N4O6S.C40H48N4O6S.C37H44N4O5S/c1-5-6-7-8-9-22-51-32-16-14-28(15-17-32)31-25-43-38(44-26-31)29-12-10-27(11-13-29)23-30(39(48)45-33(40(49)50)18-21-37(42)47)24-34(46)35-19-20-36(52-35)41(2,3)4;1-5-6-7-8-9-20-50-31-16-14-27(15-17-31)30-24-42-37(43-25-30)28-12-10-26(11-13-28)21-29(38(47)44-32(39(48)49)23-36(41)46)22-33(45)34-18-19-35(51-34)40(2,3)4;1-5-6-7-8-9-20-46-29-16-14-26(15-17-29)28-22-38-34(39-23-28)27-12-10-25(11-13-27)21-30(35(44)40-24-33(42)43)41-36(45)31-18-19-32(47-31)37(2,3)4/h10-17,19-20,25-26,30,33H,5-9,18,21-24H2,1-4H3,(H2,42,47)(H,45,48)(H,49,50);10-19,24-25,29,32H,5-9,20-23H2,1-4H3,(H2,41,46)(H,44,47)(H,48,49);10-19,22-23,30H,5-9,20-21,24H2,1-4H3,(H,40,44)(H,41,45)(H,42,43)/t30-,33+;29-,32+;30-/m110/s1. The molecule has 6 amide bonds. The number of ether oxygens (including phenoxy) is 3. The Kier molecular flexibility index (Phi) is 45.9. The predicted molar refractivity (Wildman–Crippen MR) is 590 cm³/mol. The minimum absolute atomic E-state index is 0.110. The van der Waals surface area contributed by atoms with Crippen LogP contribution in [0.4, 0.5) is 0 Å². The molecule has 0 aliphatic heterocycles. The molecule has 6 aromatic carbocycles. The Hall–Kier alpha value is -14.4. The minimum atomic E-state index is -1.50. The van der Waals surface area contributed by atoms with Crippen molar-refractivity contribution in [2.45, 2.75) is 265 Å². The second kappa shape index (κ2) is 58.6. The Labute approximate surface area is 891 Å². The van der Waals surface area contributed by atoms with E-state index in [2.05, 4.69) is 134 Å². The summed E-state index contributed by atoms with van der Waals surface area (Å²) in [5, 5.41) is 38.4. The van der Waals surface area contributed by atoms with Crippen LogP contribution in [-0.4, -0.2) is 155 Å². The SMILES string of the molecule is CCCCCCCOc1ccc(-c2cnc(-c3ccc(C[C@H](CC(=O)c4ccc(C(C)(C)C)s4)C(=O)N[C@@H](CC(N)=O)C(=O)O)cc3)nc2)cc1.CCCCCCCOc1ccc(-c2cnc(-c3ccc(C[C@H](CC(=O)c4ccc(C(C)(C)C)s4)C(=O)N[C@@H](CCC(N)=O)C(=O)O)cc3)nc2)cc1.CCCCCCCOc1ccc(-c2cnc(-c3ccc(C[C@H](NC(=O)c4ccc(C(C)(C)C)s4)C(=O)NCC(=O)O)cc3)nc2)cc1. The first-order valence-corrected chi connectivity index (χ1v) is 53.9. The zero-order chi connectivity index (χ0) is 108. The zero-order valence-corrected chi connectivity index (χ0v) is 90.3. The number of hydrogen-bond donors (Lipinski definition) is 9. The second-order valence-electron chi connectivity index (χ2n) is 40.5. The quantitative estimate of drug-likeness (QED) is 0.0126. The van der Waals surface area contributed by atoms with E-state index in [9.17, 15) is 63.0 Å². The van der Waals surface area contributed by atoms with Gasteiger partial charge in [0.25, 0.3) is 5.91 Å². The number of carbonyl (C=O) groups is 11. The van der Waals surface area contributed by atoms with Gasteiger partial charge in [0, 0.05) is 123 Å². The fraction of sp³-hybridized carbons (Fsp3) is 0.398. The summed E-state index contributed by atoms with van der Waals surface area (Å²) in [5.74, 6) is -5.55. The monoisotopic (exact) mass is 2090 g/mol. The van der Waals surface area contributed by atoms with Crippen molar-refractivity contribution in [3.05, 3.63) is 265 Å². The van der Waals surface area contributed by atoms with Gasteiger partial charge in [0.1, 0.15) is 41.9 Å². The number of carboxylic acid groups (broad SMARTS) is 3. The van der Waals surface area contributed by atoms with Crippen molar-refractivity contribution in [3.63, 3.8) is 0 Å². The molecule has 150 heavy (non-hydrogen) atoms. The van der Waals surface area contributed by atoms with Crippen LogP contribution in [0.2, 0.25) is 0 Å². The molecule has 12 rings (SSSR count). The number of unbranched alkanes of at least 4 members (excludes halogenated alkanes) is 12. The van der Waals surface area contributed by atoms with Crippen LogP contribution in [0.15, 0.2) is 219 Å². The number of nitrogens with two attached hydrogens (primary N) is 2. The lowest BCUT2D eigenvalue weighted by Crippen LogP contribution is -2.49. The van der Waals surface area contributed by atoms with Gasteiger partial charge in [-0.25, -0.2) is 39.5 Å². The first-order valence-electron chi connectivity index (χ1n) is 51.5. The zero-order valence-electron chi connectivity index (χ0n) is 87.9. The number of Topliss-reactive ketones (excluding diaryl/α,β-unsaturated/α-hetero) is 2. The normalized spacial score (nSPS) is 12.3. The van der Waals surface area contributed by atoms with Crippen molar-refractivity contribution in [2.75, 3.05) is 26.4 Å². The fourth-order valence-corrected chi connectivity index (χ4v) is 19.0. The number of thiophene rings is 3. The number of nitrogens with zero attached hydrogens (tertiary/aromatic N) is 6. The van der Waals surface area contributed by atoms with Crippen LogP contribution in [0.5, 0.6) is 17.2 Å². The molecule has 0 bridgehead atoms. The summed E-state index contributed by atoms with van der Waals surface area (Å²) in [7, 11) is 0. The maximum Gasteiger partial charge on any atom is 0.326 e. The topological polar surface area (TPSA) is 454 Å². The van der Waals surface area contributed by atoms with Gasteiger partial charge < -0.3 is 62.3 Å². The van der Waals surface area contributed by atoms with Gasteiger partial charge in [-0.3, -0.25) is 43.2 Å². The Bertz CT molecular complexity index is 6380. The van der Waals surface area contributed by atoms with E-state index in [0.29, 0.717) is 45.3 Å². The number of rotatable bonds is 55. The molecule has 12 aromatic rings. The first kappa shape index (κ1) is 118. The van der Waals surface area contributed by atoms with Crippen LogP contribution >= 0.6 is 34.0 Å². The molecule has 6 heterocycles. The maximum atomic E-state index is 13.5. The summed E-state index contributed by atoms with van der Waals surface area (Å²) in [5.41, 5.74) is 20.3. The number of aromatic nitrogens is 6. The average molecular weight is 2100 g/mol. The van der Waals surface area contributed by atoms with E-state index in [0.717, 1.165) is 125 Å². The number of carboxylic acids is 3. The number of aliphatic carboxylic acids is 3. The highest BCUT2D eigenvalue weighted by Gasteiger charge is 2.34. The Morgan fingerprint density at radius 3 is 0.933 bits per heavy atom. The number of primary amides is 2. The van der Waals surface area contributed by atoms with Crippen LogP contribution in [0, 0.1) is 11.8 Å². The molecule has 0 unspecified atom stereocenters. The molecule has 0 spiro atoms. The van der Waals surface area contributed by atoms with Gasteiger partial charge in [-0.05, 0) is 161 Å². The van der Waals surface area contributed by atoms with Crippen LogP contribution in [-0.2, 0) is 73.9 Å². The molecule has 0 fully saturated rings. The van der Waals surface area contributed by atoms with Crippen molar-refractivity contribution in [1.82, 2.24) is 51.2 Å². The highest BCUT2D eigenvalue weighted by Crippen LogP contribution is 2.37. The van der Waals surface area contributed by atoms with Crippen molar-refractivity contribution >= 4 is 98.9 Å². The average Bonchev–Trinajstić information content (AvgIpc) is 1.52. The van der Waals surface area contributed by atoms with E-state index in [-0.39, 0.29) is 78.7 Å². The van der Waals surface area contributed by atoms with E-state index >= 15 is 0 Å². The van der Waals surface area contributed by atoms with Crippen LogP contribution in [0.3, 0.4) is 0 Å². The van der Waals surface area contributed by atoms with Gasteiger partial charge in [0.15, 0.2) is 29.0 Å². The van der Waals surface area contributed by atoms with Crippen molar-refractivity contribution in [2.24, 2.45) is 23.3 Å². The molecule has 794 valence electrons. The lowest BCUT2D eigenvalue weighted by atomic mass is 9.92. The third kappa shape index (κ3) is 38.6. The summed E-state index contributed by atoms with van der Waals surface area (Å²) >= 11 is 4.15. The Morgan fingerprint density at radius 2 is 0.633 bits per heavy atom. The molecule has 6 aromatic heterocycles. The van der Waals surface area contributed by atoms with Crippen LogP contribution < -0.4 is 46.9 Å². The van der Waals surface area contributed by atoms with E-state index < -0.39 is 90.4 Å². The van der Waals surface area contributed by atoms with Crippen molar-refractivity contribution in [1.29, 1.82) is 0 Å². The first-order chi connectivity index (χ1) is 71.7. The Morgan fingerprint density at radius 1 is 0.327 bits per heavy atom. The van der Waals surface area contributed by atoms with E-state index in [1.165, 1.54) is 111 Å². The van der Waals surface area contributed by atoms with Gasteiger partial charge in [-0.2, -0.15) is 0 Å². The second-order valence-corrected chi connectivity index (χ2v) is 43.7. The number of ketones is 2. The summed E-state index contributed by atoms with van der Waals surface area (Å²) < 4.78 is 17.6. The molecule has 0 aliphatic rings. The molecular formula is C118H142N12O17S3. The minimum Gasteiger partial charge on any atom is -0.494 e. The summed E-state index contributed by atoms with van der Waals surface area (Å²) in [6.45, 7) is 26.8. The van der Waals surface area contributed by atoms with E-state index in [1.807, 2.05) is 164 Å².